The van der Waals surface area contributed by atoms with Crippen LogP contribution in [0.2, 0.25) is 0 Å². The van der Waals surface area contributed by atoms with Crippen molar-refractivity contribution in [3.63, 3.8) is 0 Å². The number of fused-ring (bicyclic) bond motifs is 1. The molecule has 0 fully saturated rings. The van der Waals surface area contributed by atoms with Crippen molar-refractivity contribution in [2.45, 2.75) is 9.79 Å². The number of nitrogens with zero attached hydrogens (tertiary/aromatic N) is 2. The Bertz CT molecular complexity index is 1210. The van der Waals surface area contributed by atoms with Gasteiger partial charge in [-0.2, -0.15) is 0 Å². The van der Waals surface area contributed by atoms with Crippen molar-refractivity contribution in [3.8, 4) is 0 Å². The zero-order valence-corrected chi connectivity index (χ0v) is 14.4. The van der Waals surface area contributed by atoms with Gasteiger partial charge in [-0.25, -0.2) is 16.8 Å². The SMILES string of the molecule is [N-]=[N+]=C(S(=O)(=O)c1ccccc1)S(=O)(=O)c1ccc2ccccc2c1. The first kappa shape index (κ1) is 17.0. The number of hydrogen-bond acceptors (Lipinski definition) is 4. The summed E-state index contributed by atoms with van der Waals surface area (Å²) in [6.07, 6.45) is 0. The summed E-state index contributed by atoms with van der Waals surface area (Å²) < 4.78 is 49.4. The fraction of sp³-hybridized carbons (Fsp3) is 0. The topological polar surface area (TPSA) is 105 Å². The summed E-state index contributed by atoms with van der Waals surface area (Å²) in [6.45, 7) is 0. The molecular formula is C17H12N2O4S2. The molecule has 0 N–H and O–H groups in total. The maximum Gasteiger partial charge on any atom is 0.504 e. The fourth-order valence-electron chi connectivity index (χ4n) is 2.39. The molecule has 3 aromatic carbocycles. The second kappa shape index (κ2) is 6.25. The molecule has 0 saturated carbocycles. The predicted octanol–water partition coefficient (Wildman–Crippen LogP) is 2.67. The second-order valence-electron chi connectivity index (χ2n) is 5.19. The van der Waals surface area contributed by atoms with Crippen molar-refractivity contribution < 1.29 is 21.6 Å². The molecular weight excluding hydrogens is 360 g/mol. The minimum atomic E-state index is -4.54. The highest BCUT2D eigenvalue weighted by atomic mass is 32.3. The molecule has 25 heavy (non-hydrogen) atoms. The second-order valence-corrected chi connectivity index (χ2v) is 9.18. The van der Waals surface area contributed by atoms with E-state index in [1.165, 1.54) is 36.4 Å². The first-order valence-electron chi connectivity index (χ1n) is 7.13. The molecule has 0 atom stereocenters. The minimum absolute atomic E-state index is 0.265. The highest BCUT2D eigenvalue weighted by Crippen LogP contribution is 2.23. The van der Waals surface area contributed by atoms with E-state index < -0.39 is 24.1 Å². The lowest BCUT2D eigenvalue weighted by Gasteiger charge is -2.04. The predicted molar refractivity (Wildman–Crippen MR) is 93.4 cm³/mol. The van der Waals surface area contributed by atoms with E-state index in [4.69, 9.17) is 5.53 Å². The van der Waals surface area contributed by atoms with Crippen LogP contribution in [0.3, 0.4) is 0 Å². The molecule has 6 nitrogen and oxygen atoms in total. The molecule has 0 aliphatic heterocycles. The number of hydrogen-bond donors (Lipinski definition) is 0. The molecule has 0 unspecified atom stereocenters. The molecule has 3 aromatic rings. The van der Waals surface area contributed by atoms with Crippen LogP contribution >= 0.6 is 0 Å². The molecule has 0 spiro atoms. The van der Waals surface area contributed by atoms with E-state index in [9.17, 15) is 16.8 Å². The fourth-order valence-corrected chi connectivity index (χ4v) is 5.78. The lowest BCUT2D eigenvalue weighted by Crippen LogP contribution is -2.26. The van der Waals surface area contributed by atoms with Crippen molar-refractivity contribution in [2.24, 2.45) is 0 Å². The van der Waals surface area contributed by atoms with Crippen LogP contribution in [0.25, 0.3) is 16.3 Å². The third kappa shape index (κ3) is 2.98. The third-order valence-corrected chi connectivity index (χ3v) is 7.79. The highest BCUT2D eigenvalue weighted by molar-refractivity contribution is 8.31. The van der Waals surface area contributed by atoms with E-state index in [1.54, 1.807) is 36.4 Å². The Labute approximate surface area is 144 Å². The summed E-state index contributed by atoms with van der Waals surface area (Å²) in [5, 5.41) is 1.42. The standard InChI is InChI=1S/C17H12N2O4S2/c18-19-17(24(20,21)15-8-2-1-3-9-15)25(22,23)16-11-10-13-6-4-5-7-14(13)12-16/h1-12H. The quantitative estimate of drug-likeness (QED) is 0.298. The first-order chi connectivity index (χ1) is 11.9. The molecule has 0 heterocycles. The molecule has 8 heteroatoms. The lowest BCUT2D eigenvalue weighted by atomic mass is 10.1. The summed E-state index contributed by atoms with van der Waals surface area (Å²) in [6, 6.07) is 18.2. The Morgan fingerprint density at radius 2 is 1.24 bits per heavy atom. The van der Waals surface area contributed by atoms with Gasteiger partial charge >= 0.3 is 4.38 Å². The smallest absolute Gasteiger partial charge is 0.359 e. The van der Waals surface area contributed by atoms with E-state index >= 15 is 0 Å². The average molecular weight is 372 g/mol. The van der Waals surface area contributed by atoms with Gasteiger partial charge in [0.25, 0.3) is 19.7 Å². The Morgan fingerprint density at radius 1 is 0.680 bits per heavy atom. The van der Waals surface area contributed by atoms with Crippen LogP contribution in [-0.2, 0) is 19.7 Å². The molecule has 0 saturated heterocycles. The van der Waals surface area contributed by atoms with E-state index in [0.717, 1.165) is 5.39 Å². The van der Waals surface area contributed by atoms with Crippen LogP contribution in [0, 0.1) is 0 Å². The van der Waals surface area contributed by atoms with Crippen molar-refractivity contribution in [1.82, 2.24) is 0 Å². The van der Waals surface area contributed by atoms with Crippen molar-refractivity contribution >= 4 is 34.8 Å². The zero-order chi connectivity index (χ0) is 18.1. The lowest BCUT2D eigenvalue weighted by molar-refractivity contribution is 0.00380. The van der Waals surface area contributed by atoms with Crippen LogP contribution in [-0.4, -0.2) is 26.0 Å². The molecule has 0 aliphatic rings. The summed E-state index contributed by atoms with van der Waals surface area (Å²) >= 11 is 0. The van der Waals surface area contributed by atoms with Gasteiger partial charge in [-0.15, -0.1) is 4.79 Å². The van der Waals surface area contributed by atoms with Gasteiger partial charge in [0.2, 0.25) is 0 Å². The number of benzene rings is 3. The highest BCUT2D eigenvalue weighted by Gasteiger charge is 2.43. The van der Waals surface area contributed by atoms with Crippen LogP contribution in [0.15, 0.2) is 82.6 Å². The van der Waals surface area contributed by atoms with E-state index in [0.29, 0.717) is 5.39 Å². The molecule has 3 rings (SSSR count). The van der Waals surface area contributed by atoms with E-state index in [-0.39, 0.29) is 9.79 Å². The van der Waals surface area contributed by atoms with Gasteiger partial charge in [0.15, 0.2) is 0 Å². The van der Waals surface area contributed by atoms with Gasteiger partial charge < -0.3 is 5.53 Å². The van der Waals surface area contributed by atoms with Gasteiger partial charge in [-0.3, -0.25) is 0 Å². The summed E-state index contributed by atoms with van der Waals surface area (Å²) in [5.74, 6) is 0. The molecule has 0 aromatic heterocycles. The molecule has 0 radical (unpaired) electrons. The van der Waals surface area contributed by atoms with Crippen LogP contribution in [0.4, 0.5) is 0 Å². The Balaban J connectivity index is 2.19. The Hall–Kier alpha value is -2.80. The summed E-state index contributed by atoms with van der Waals surface area (Å²) in [7, 11) is -9.03. The van der Waals surface area contributed by atoms with Crippen LogP contribution < -0.4 is 0 Å². The van der Waals surface area contributed by atoms with Gasteiger partial charge in [0, 0.05) is 0 Å². The maximum absolute atomic E-state index is 12.8. The molecule has 0 bridgehead atoms. The van der Waals surface area contributed by atoms with Crippen LogP contribution in [0.1, 0.15) is 0 Å². The number of sulfone groups is 2. The average Bonchev–Trinajstić information content (AvgIpc) is 2.62. The van der Waals surface area contributed by atoms with Gasteiger partial charge in [0.1, 0.15) is 0 Å². The van der Waals surface area contributed by atoms with E-state index in [1.807, 2.05) is 0 Å². The monoisotopic (exact) mass is 372 g/mol. The Morgan fingerprint density at radius 3 is 1.88 bits per heavy atom. The maximum atomic E-state index is 12.8. The van der Waals surface area contributed by atoms with E-state index in [2.05, 4.69) is 4.79 Å². The summed E-state index contributed by atoms with van der Waals surface area (Å²) in [5.41, 5.74) is 9.16. The number of rotatable bonds is 2. The van der Waals surface area contributed by atoms with Crippen molar-refractivity contribution in [2.75, 3.05) is 0 Å². The normalized spacial score (nSPS) is 11.8. The first-order valence-corrected chi connectivity index (χ1v) is 10.1. The third-order valence-electron chi connectivity index (χ3n) is 3.63. The van der Waals surface area contributed by atoms with Gasteiger partial charge in [0.05, 0.1) is 9.79 Å². The molecule has 126 valence electrons. The van der Waals surface area contributed by atoms with Crippen molar-refractivity contribution in [1.29, 1.82) is 0 Å². The largest absolute Gasteiger partial charge is 0.504 e. The molecule has 0 aliphatic carbocycles. The van der Waals surface area contributed by atoms with Gasteiger partial charge in [-0.1, -0.05) is 48.5 Å². The minimum Gasteiger partial charge on any atom is -0.359 e. The zero-order valence-electron chi connectivity index (χ0n) is 12.8. The Kier molecular flexibility index (Phi) is 4.26. The van der Waals surface area contributed by atoms with Crippen molar-refractivity contribution in [3.05, 3.63) is 78.3 Å². The molecule has 0 amide bonds. The van der Waals surface area contributed by atoms with Gasteiger partial charge in [-0.05, 0) is 35.0 Å². The summed E-state index contributed by atoms with van der Waals surface area (Å²) in [4.78, 5) is 2.07. The van der Waals surface area contributed by atoms with Crippen LogP contribution in [0.5, 0.6) is 0 Å².